The SMILES string of the molecule is CC(CCNCCOc1ccc([N+](=O)[O-])cc1)S(C)=O. The van der Waals surface area contributed by atoms with Crippen molar-refractivity contribution < 1.29 is 13.9 Å². The van der Waals surface area contributed by atoms with E-state index in [4.69, 9.17) is 4.74 Å². The molecule has 112 valence electrons. The Bertz CT molecular complexity index is 450. The van der Waals surface area contributed by atoms with E-state index in [0.717, 1.165) is 13.0 Å². The van der Waals surface area contributed by atoms with Crippen LogP contribution >= 0.6 is 0 Å². The first-order valence-electron chi connectivity index (χ1n) is 6.41. The van der Waals surface area contributed by atoms with Gasteiger partial charge in [-0.25, -0.2) is 0 Å². The van der Waals surface area contributed by atoms with Crippen LogP contribution in [0.2, 0.25) is 0 Å². The minimum absolute atomic E-state index is 0.0528. The largest absolute Gasteiger partial charge is 0.492 e. The molecule has 1 aromatic carbocycles. The normalized spacial score (nSPS) is 13.7. The van der Waals surface area contributed by atoms with Crippen LogP contribution in [0.5, 0.6) is 5.75 Å². The average molecular weight is 300 g/mol. The molecule has 0 aliphatic carbocycles. The third-order valence-electron chi connectivity index (χ3n) is 2.89. The molecule has 0 aliphatic heterocycles. The van der Waals surface area contributed by atoms with Crippen molar-refractivity contribution in [2.45, 2.75) is 18.6 Å². The molecule has 0 heterocycles. The number of nitrogens with zero attached hydrogens (tertiary/aromatic N) is 1. The maximum Gasteiger partial charge on any atom is 0.269 e. The number of rotatable bonds is 9. The smallest absolute Gasteiger partial charge is 0.269 e. The van der Waals surface area contributed by atoms with Gasteiger partial charge in [-0.05, 0) is 25.1 Å². The van der Waals surface area contributed by atoms with E-state index in [-0.39, 0.29) is 10.9 Å². The Labute approximate surface area is 121 Å². The van der Waals surface area contributed by atoms with Crippen LogP contribution in [0, 0.1) is 10.1 Å². The summed E-state index contributed by atoms with van der Waals surface area (Å²) in [6.45, 7) is 3.93. The predicted molar refractivity (Wildman–Crippen MR) is 79.6 cm³/mol. The molecule has 0 aromatic heterocycles. The summed E-state index contributed by atoms with van der Waals surface area (Å²) in [6, 6.07) is 6.00. The quantitative estimate of drug-likeness (QED) is 0.426. The number of benzene rings is 1. The van der Waals surface area contributed by atoms with Gasteiger partial charge in [-0.3, -0.25) is 14.3 Å². The molecule has 1 rings (SSSR count). The van der Waals surface area contributed by atoms with Crippen LogP contribution in [0.25, 0.3) is 0 Å². The van der Waals surface area contributed by atoms with Gasteiger partial charge in [-0.15, -0.1) is 0 Å². The second-order valence-corrected chi connectivity index (χ2v) is 6.25. The highest BCUT2D eigenvalue weighted by molar-refractivity contribution is 7.84. The maximum atomic E-state index is 11.1. The van der Waals surface area contributed by atoms with Gasteiger partial charge in [0, 0.05) is 41.0 Å². The van der Waals surface area contributed by atoms with E-state index in [1.54, 1.807) is 18.4 Å². The van der Waals surface area contributed by atoms with Gasteiger partial charge in [0.2, 0.25) is 0 Å². The highest BCUT2D eigenvalue weighted by atomic mass is 32.2. The fourth-order valence-electron chi connectivity index (χ4n) is 1.50. The van der Waals surface area contributed by atoms with Crippen molar-refractivity contribution in [1.82, 2.24) is 5.32 Å². The summed E-state index contributed by atoms with van der Waals surface area (Å²) in [4.78, 5) is 10.0. The first kappa shape index (κ1) is 16.6. The number of nitro benzene ring substituents is 1. The highest BCUT2D eigenvalue weighted by Gasteiger charge is 2.05. The number of nitro groups is 1. The summed E-state index contributed by atoms with van der Waals surface area (Å²) in [5.41, 5.74) is 0.0528. The number of hydrogen-bond acceptors (Lipinski definition) is 5. The monoisotopic (exact) mass is 300 g/mol. The number of ether oxygens (including phenoxy) is 1. The van der Waals surface area contributed by atoms with Gasteiger partial charge in [0.25, 0.3) is 5.69 Å². The van der Waals surface area contributed by atoms with Gasteiger partial charge in [0.15, 0.2) is 0 Å². The second kappa shape index (κ2) is 8.65. The number of non-ortho nitro benzene ring substituents is 1. The molecule has 6 nitrogen and oxygen atoms in total. The van der Waals surface area contributed by atoms with Crippen LogP contribution in [-0.4, -0.2) is 40.3 Å². The lowest BCUT2D eigenvalue weighted by atomic mass is 10.3. The molecule has 0 radical (unpaired) electrons. The lowest BCUT2D eigenvalue weighted by Gasteiger charge is -2.10. The lowest BCUT2D eigenvalue weighted by Crippen LogP contribution is -2.25. The second-order valence-electron chi connectivity index (χ2n) is 4.45. The molecule has 0 saturated carbocycles. The molecule has 0 bridgehead atoms. The van der Waals surface area contributed by atoms with Crippen molar-refractivity contribution in [1.29, 1.82) is 0 Å². The molecule has 0 saturated heterocycles. The zero-order valence-corrected chi connectivity index (χ0v) is 12.5. The number of hydrogen-bond donors (Lipinski definition) is 1. The zero-order chi connectivity index (χ0) is 15.0. The van der Waals surface area contributed by atoms with Crippen molar-refractivity contribution in [2.24, 2.45) is 0 Å². The minimum Gasteiger partial charge on any atom is -0.492 e. The summed E-state index contributed by atoms with van der Waals surface area (Å²) in [6.07, 6.45) is 2.57. The Morgan fingerprint density at radius 1 is 1.35 bits per heavy atom. The molecular formula is C13H20N2O4S. The van der Waals surface area contributed by atoms with Gasteiger partial charge in [-0.2, -0.15) is 0 Å². The molecule has 7 heteroatoms. The van der Waals surface area contributed by atoms with E-state index in [1.807, 2.05) is 6.92 Å². The molecule has 0 spiro atoms. The van der Waals surface area contributed by atoms with Gasteiger partial charge in [0.1, 0.15) is 12.4 Å². The Morgan fingerprint density at radius 3 is 2.55 bits per heavy atom. The van der Waals surface area contributed by atoms with Crippen LogP contribution in [0.4, 0.5) is 5.69 Å². The predicted octanol–water partition coefficient (Wildman–Crippen LogP) is 1.72. The molecule has 0 amide bonds. The molecule has 2 unspecified atom stereocenters. The molecule has 1 aromatic rings. The van der Waals surface area contributed by atoms with Gasteiger partial charge >= 0.3 is 0 Å². The molecule has 1 N–H and O–H groups in total. The Kier molecular flexibility index (Phi) is 7.17. The van der Waals surface area contributed by atoms with Gasteiger partial charge in [0.05, 0.1) is 4.92 Å². The topological polar surface area (TPSA) is 81.5 Å². The van der Waals surface area contributed by atoms with Gasteiger partial charge in [-0.1, -0.05) is 6.92 Å². The third kappa shape index (κ3) is 6.12. The minimum atomic E-state index is -0.780. The standard InChI is InChI=1S/C13H20N2O4S/c1-11(20(2)18)7-8-14-9-10-19-13-5-3-12(4-6-13)15(16)17/h3-6,11,14H,7-10H2,1-2H3. The summed E-state index contributed by atoms with van der Waals surface area (Å²) in [5, 5.41) is 13.9. The first-order chi connectivity index (χ1) is 9.50. The van der Waals surface area contributed by atoms with E-state index < -0.39 is 15.7 Å². The van der Waals surface area contributed by atoms with Crippen molar-refractivity contribution in [2.75, 3.05) is 26.0 Å². The molecule has 20 heavy (non-hydrogen) atoms. The van der Waals surface area contributed by atoms with Crippen molar-refractivity contribution in [3.05, 3.63) is 34.4 Å². The molecule has 0 fully saturated rings. The van der Waals surface area contributed by atoms with Gasteiger partial charge < -0.3 is 10.1 Å². The van der Waals surface area contributed by atoms with Crippen molar-refractivity contribution in [3.63, 3.8) is 0 Å². The fraction of sp³-hybridized carbons (Fsp3) is 0.538. The van der Waals surface area contributed by atoms with E-state index in [1.165, 1.54) is 12.1 Å². The first-order valence-corrected chi connectivity index (χ1v) is 8.03. The van der Waals surface area contributed by atoms with Crippen LogP contribution in [0.3, 0.4) is 0 Å². The Hall–Kier alpha value is -1.47. The van der Waals surface area contributed by atoms with E-state index in [2.05, 4.69) is 5.32 Å². The van der Waals surface area contributed by atoms with Crippen LogP contribution in [0.1, 0.15) is 13.3 Å². The molecule has 0 aliphatic rings. The molecular weight excluding hydrogens is 280 g/mol. The summed E-state index contributed by atoms with van der Waals surface area (Å²) < 4.78 is 16.6. The number of nitrogens with one attached hydrogen (secondary N) is 1. The lowest BCUT2D eigenvalue weighted by molar-refractivity contribution is -0.384. The zero-order valence-electron chi connectivity index (χ0n) is 11.7. The Morgan fingerprint density at radius 2 is 2.00 bits per heavy atom. The molecule has 2 atom stereocenters. The summed E-state index contributed by atoms with van der Waals surface area (Å²) >= 11 is 0. The summed E-state index contributed by atoms with van der Waals surface area (Å²) in [7, 11) is -0.780. The third-order valence-corrected chi connectivity index (χ3v) is 4.26. The van der Waals surface area contributed by atoms with Crippen molar-refractivity contribution in [3.8, 4) is 5.75 Å². The maximum absolute atomic E-state index is 11.1. The fourth-order valence-corrected chi connectivity index (χ4v) is 1.95. The summed E-state index contributed by atoms with van der Waals surface area (Å²) in [5.74, 6) is 0.612. The highest BCUT2D eigenvalue weighted by Crippen LogP contribution is 2.16. The van der Waals surface area contributed by atoms with Crippen molar-refractivity contribution >= 4 is 16.5 Å². The average Bonchev–Trinajstić information content (AvgIpc) is 2.42. The van der Waals surface area contributed by atoms with Crippen LogP contribution in [-0.2, 0) is 10.8 Å². The Balaban J connectivity index is 2.15. The van der Waals surface area contributed by atoms with E-state index >= 15 is 0 Å². The van der Waals surface area contributed by atoms with E-state index in [0.29, 0.717) is 18.9 Å². The van der Waals surface area contributed by atoms with Crippen LogP contribution in [0.15, 0.2) is 24.3 Å². The van der Waals surface area contributed by atoms with E-state index in [9.17, 15) is 14.3 Å². The van der Waals surface area contributed by atoms with Crippen LogP contribution < -0.4 is 10.1 Å².